The molecule has 1 aromatic rings. The topological polar surface area (TPSA) is 97.5 Å². The van der Waals surface area contributed by atoms with Crippen LogP contribution in [0.5, 0.6) is 0 Å². The van der Waals surface area contributed by atoms with Gasteiger partial charge in [0, 0.05) is 22.9 Å². The van der Waals surface area contributed by atoms with Crippen molar-refractivity contribution in [1.82, 2.24) is 0 Å². The van der Waals surface area contributed by atoms with E-state index in [9.17, 15) is 0 Å². The van der Waals surface area contributed by atoms with Crippen LogP contribution in [0.15, 0.2) is 40.6 Å². The minimum absolute atomic E-state index is 0.271. The van der Waals surface area contributed by atoms with Crippen molar-refractivity contribution in [3.05, 3.63) is 56.8 Å². The maximum atomic E-state index is 8.26. The molecule has 1 rings (SSSR count). The molecule has 1 aromatic carbocycles. The first kappa shape index (κ1) is 12.9. The minimum atomic E-state index is 0.271. The number of hydrogen-bond acceptors (Lipinski definition) is 2. The van der Waals surface area contributed by atoms with E-state index in [0.29, 0.717) is 13.1 Å². The summed E-state index contributed by atoms with van der Waals surface area (Å²) < 4.78 is 0. The molecule has 0 aliphatic carbocycles. The molecule has 0 bridgehead atoms. The third-order valence-electron chi connectivity index (χ3n) is 2.55. The van der Waals surface area contributed by atoms with E-state index < -0.39 is 0 Å². The van der Waals surface area contributed by atoms with E-state index in [-0.39, 0.29) is 5.92 Å². The van der Waals surface area contributed by atoms with Crippen molar-refractivity contribution in [2.24, 2.45) is 10.2 Å². The lowest BCUT2D eigenvalue weighted by Gasteiger charge is -2.14. The fourth-order valence-electron chi connectivity index (χ4n) is 1.72. The predicted octanol–water partition coefficient (Wildman–Crippen LogP) is 4.17. The summed E-state index contributed by atoms with van der Waals surface area (Å²) in [6.07, 6.45) is 1.55. The number of nitrogens with zero attached hydrogens (tertiary/aromatic N) is 6. The van der Waals surface area contributed by atoms with Crippen LogP contribution >= 0.6 is 0 Å². The number of azide groups is 2. The van der Waals surface area contributed by atoms with Crippen LogP contribution in [0.2, 0.25) is 0 Å². The van der Waals surface area contributed by atoms with Crippen LogP contribution in [0, 0.1) is 0 Å². The fourth-order valence-corrected chi connectivity index (χ4v) is 1.72. The van der Waals surface area contributed by atoms with Gasteiger partial charge in [0.05, 0.1) is 0 Å². The Hall–Kier alpha value is -2.16. The molecular weight excluding hydrogens is 216 g/mol. The van der Waals surface area contributed by atoms with Gasteiger partial charge in [0.2, 0.25) is 0 Å². The van der Waals surface area contributed by atoms with Gasteiger partial charge in [0.1, 0.15) is 0 Å². The van der Waals surface area contributed by atoms with Crippen LogP contribution in [0.3, 0.4) is 0 Å². The van der Waals surface area contributed by atoms with E-state index >= 15 is 0 Å². The maximum absolute atomic E-state index is 8.26. The van der Waals surface area contributed by atoms with Crippen LogP contribution in [-0.2, 0) is 0 Å². The standard InChI is InChI=1S/C11H14N6/c12-16-14-8-6-11(7-9-15-17-13)10-4-2-1-3-5-10/h1-5,11H,6-9H2. The monoisotopic (exact) mass is 230 g/mol. The average Bonchev–Trinajstić information content (AvgIpc) is 2.38. The van der Waals surface area contributed by atoms with Gasteiger partial charge >= 0.3 is 0 Å². The molecule has 0 fully saturated rings. The van der Waals surface area contributed by atoms with E-state index in [2.05, 4.69) is 20.1 Å². The molecule has 0 atom stereocenters. The Kier molecular flexibility index (Phi) is 6.11. The van der Waals surface area contributed by atoms with Crippen molar-refractivity contribution in [3.8, 4) is 0 Å². The van der Waals surface area contributed by atoms with Crippen LogP contribution in [0.4, 0.5) is 0 Å². The van der Waals surface area contributed by atoms with Crippen LogP contribution in [-0.4, -0.2) is 13.1 Å². The van der Waals surface area contributed by atoms with Crippen molar-refractivity contribution >= 4 is 0 Å². The van der Waals surface area contributed by atoms with Gasteiger partial charge in [0.15, 0.2) is 0 Å². The summed E-state index contributed by atoms with van der Waals surface area (Å²) in [4.78, 5) is 5.48. The summed E-state index contributed by atoms with van der Waals surface area (Å²) in [5.41, 5.74) is 17.7. The zero-order chi connectivity index (χ0) is 12.3. The Labute approximate surface area is 99.5 Å². The zero-order valence-corrected chi connectivity index (χ0v) is 9.48. The lowest BCUT2D eigenvalue weighted by atomic mass is 9.93. The second-order valence-electron chi connectivity index (χ2n) is 3.59. The Balaban J connectivity index is 2.64. The van der Waals surface area contributed by atoms with Gasteiger partial charge in [-0.3, -0.25) is 0 Å². The molecule has 0 unspecified atom stereocenters. The molecule has 6 heteroatoms. The van der Waals surface area contributed by atoms with Gasteiger partial charge in [-0.05, 0) is 35.4 Å². The zero-order valence-electron chi connectivity index (χ0n) is 9.48. The van der Waals surface area contributed by atoms with Crippen molar-refractivity contribution in [2.75, 3.05) is 13.1 Å². The van der Waals surface area contributed by atoms with E-state index in [4.69, 9.17) is 11.1 Å². The Morgan fingerprint density at radius 3 is 1.94 bits per heavy atom. The summed E-state index contributed by atoms with van der Waals surface area (Å²) in [5, 5.41) is 7.08. The molecule has 0 heterocycles. The van der Waals surface area contributed by atoms with Crippen molar-refractivity contribution in [3.63, 3.8) is 0 Å². The van der Waals surface area contributed by atoms with E-state index in [0.717, 1.165) is 12.8 Å². The number of benzene rings is 1. The largest absolute Gasteiger partial charge is 0.0940 e. The second-order valence-corrected chi connectivity index (χ2v) is 3.59. The minimum Gasteiger partial charge on any atom is -0.0940 e. The average molecular weight is 230 g/mol. The Morgan fingerprint density at radius 2 is 1.47 bits per heavy atom. The lowest BCUT2D eigenvalue weighted by Crippen LogP contribution is -2.02. The maximum Gasteiger partial charge on any atom is 0.0263 e. The van der Waals surface area contributed by atoms with Gasteiger partial charge in [-0.25, -0.2) is 0 Å². The molecule has 0 amide bonds. The Bertz CT molecular complexity index is 395. The molecule has 0 saturated heterocycles. The third-order valence-corrected chi connectivity index (χ3v) is 2.55. The fraction of sp³-hybridized carbons (Fsp3) is 0.455. The first-order valence-electron chi connectivity index (χ1n) is 5.45. The highest BCUT2D eigenvalue weighted by Crippen LogP contribution is 2.23. The number of rotatable bonds is 7. The summed E-state index contributed by atoms with van der Waals surface area (Å²) in [6, 6.07) is 9.99. The normalized spacial score (nSPS) is 11.1. The van der Waals surface area contributed by atoms with Crippen LogP contribution in [0.1, 0.15) is 24.3 Å². The van der Waals surface area contributed by atoms with Gasteiger partial charge < -0.3 is 0 Å². The Morgan fingerprint density at radius 1 is 0.941 bits per heavy atom. The molecule has 0 aromatic heterocycles. The highest BCUT2D eigenvalue weighted by molar-refractivity contribution is 5.19. The van der Waals surface area contributed by atoms with Gasteiger partial charge in [-0.1, -0.05) is 40.6 Å². The van der Waals surface area contributed by atoms with Crippen molar-refractivity contribution < 1.29 is 0 Å². The van der Waals surface area contributed by atoms with Gasteiger partial charge in [-0.15, -0.1) is 0 Å². The second kappa shape index (κ2) is 8.05. The molecule has 6 nitrogen and oxygen atoms in total. The summed E-state index contributed by atoms with van der Waals surface area (Å²) in [7, 11) is 0. The molecule has 17 heavy (non-hydrogen) atoms. The van der Waals surface area contributed by atoms with Crippen LogP contribution < -0.4 is 0 Å². The third kappa shape index (κ3) is 4.93. The summed E-state index contributed by atoms with van der Waals surface area (Å²) >= 11 is 0. The molecule has 0 radical (unpaired) electrons. The molecule has 0 saturated carbocycles. The quantitative estimate of drug-likeness (QED) is 0.381. The highest BCUT2D eigenvalue weighted by atomic mass is 15.1. The molecule has 0 spiro atoms. The van der Waals surface area contributed by atoms with E-state index in [1.807, 2.05) is 30.3 Å². The van der Waals surface area contributed by atoms with Crippen LogP contribution in [0.25, 0.3) is 20.9 Å². The first-order valence-corrected chi connectivity index (χ1v) is 5.45. The molecule has 0 N–H and O–H groups in total. The SMILES string of the molecule is [N-]=[N+]=NCCC(CCN=[N+]=[N-])c1ccccc1. The van der Waals surface area contributed by atoms with Crippen molar-refractivity contribution in [1.29, 1.82) is 0 Å². The molecular formula is C11H14N6. The first-order chi connectivity index (χ1) is 8.38. The smallest absolute Gasteiger partial charge is 0.0263 e. The van der Waals surface area contributed by atoms with Crippen molar-refractivity contribution in [2.45, 2.75) is 18.8 Å². The summed E-state index contributed by atoms with van der Waals surface area (Å²) in [6.45, 7) is 0.929. The van der Waals surface area contributed by atoms with Gasteiger partial charge in [-0.2, -0.15) is 0 Å². The van der Waals surface area contributed by atoms with E-state index in [1.165, 1.54) is 5.56 Å². The van der Waals surface area contributed by atoms with Gasteiger partial charge in [0.25, 0.3) is 0 Å². The lowest BCUT2D eigenvalue weighted by molar-refractivity contribution is 0.590. The highest BCUT2D eigenvalue weighted by Gasteiger charge is 2.09. The van der Waals surface area contributed by atoms with E-state index in [1.54, 1.807) is 0 Å². The molecule has 88 valence electrons. The molecule has 0 aliphatic rings. The number of hydrogen-bond donors (Lipinski definition) is 0. The predicted molar refractivity (Wildman–Crippen MR) is 66.4 cm³/mol. The molecule has 0 aliphatic heterocycles. The summed E-state index contributed by atoms with van der Waals surface area (Å²) in [5.74, 6) is 0.271.